The molecule has 0 radical (unpaired) electrons. The molecule has 2 amide bonds. The second kappa shape index (κ2) is 6.61. The first-order valence-corrected chi connectivity index (χ1v) is 7.23. The molecule has 22 heavy (non-hydrogen) atoms. The molecule has 2 N–H and O–H groups in total. The molecule has 0 spiro atoms. The minimum Gasteiger partial charge on any atom is -0.344 e. The van der Waals surface area contributed by atoms with E-state index >= 15 is 0 Å². The zero-order valence-corrected chi connectivity index (χ0v) is 12.6. The summed E-state index contributed by atoms with van der Waals surface area (Å²) in [6.07, 6.45) is 0. The number of carbonyl (C=O) groups is 2. The number of hydrogen-bond acceptors (Lipinski definition) is 4. The van der Waals surface area contributed by atoms with Crippen molar-refractivity contribution in [2.45, 2.75) is 19.9 Å². The van der Waals surface area contributed by atoms with Gasteiger partial charge in [0.15, 0.2) is 16.8 Å². The lowest BCUT2D eigenvalue weighted by Gasteiger charge is -2.13. The van der Waals surface area contributed by atoms with Gasteiger partial charge in [-0.3, -0.25) is 9.59 Å². The molecule has 0 fully saturated rings. The van der Waals surface area contributed by atoms with Crippen LogP contribution in [-0.2, 0) is 4.79 Å². The first kappa shape index (κ1) is 16.0. The van der Waals surface area contributed by atoms with Crippen LogP contribution in [0.3, 0.4) is 0 Å². The fourth-order valence-corrected chi connectivity index (χ4v) is 2.46. The molecule has 0 aliphatic rings. The smallest absolute Gasteiger partial charge is 0.271 e. The Balaban J connectivity index is 2.05. The van der Waals surface area contributed by atoms with Crippen LogP contribution in [-0.4, -0.2) is 16.8 Å². The van der Waals surface area contributed by atoms with E-state index in [-0.39, 0.29) is 11.6 Å². The Bertz CT molecular complexity index is 718. The summed E-state index contributed by atoms with van der Waals surface area (Å²) in [6, 6.07) is 2.91. The predicted molar refractivity (Wildman–Crippen MR) is 78.7 cm³/mol. The van der Waals surface area contributed by atoms with Crippen molar-refractivity contribution in [2.24, 2.45) is 0 Å². The Morgan fingerprint density at radius 1 is 1.27 bits per heavy atom. The molecule has 0 saturated heterocycles. The third-order valence-electron chi connectivity index (χ3n) is 2.81. The molecule has 8 heteroatoms. The summed E-state index contributed by atoms with van der Waals surface area (Å²) >= 11 is 1.12. The number of thiazole rings is 1. The summed E-state index contributed by atoms with van der Waals surface area (Å²) in [5.41, 5.74) is 0.577. The van der Waals surface area contributed by atoms with Crippen LogP contribution < -0.4 is 10.6 Å². The van der Waals surface area contributed by atoms with Crippen molar-refractivity contribution in [3.05, 3.63) is 46.5 Å². The van der Waals surface area contributed by atoms with E-state index in [4.69, 9.17) is 0 Å². The van der Waals surface area contributed by atoms with E-state index in [9.17, 15) is 18.4 Å². The number of hydrogen-bond donors (Lipinski definition) is 2. The van der Waals surface area contributed by atoms with Gasteiger partial charge in [0.1, 0.15) is 5.69 Å². The van der Waals surface area contributed by atoms with E-state index in [0.29, 0.717) is 10.7 Å². The third kappa shape index (κ3) is 3.85. The van der Waals surface area contributed by atoms with E-state index in [1.807, 2.05) is 0 Å². The van der Waals surface area contributed by atoms with E-state index in [0.717, 1.165) is 23.5 Å². The second-order valence-electron chi connectivity index (χ2n) is 4.59. The first-order chi connectivity index (χ1) is 10.4. The summed E-state index contributed by atoms with van der Waals surface area (Å²) in [7, 11) is 0. The lowest BCUT2D eigenvalue weighted by atomic mass is 10.1. The molecule has 0 aliphatic heterocycles. The third-order valence-corrected chi connectivity index (χ3v) is 3.57. The maximum atomic E-state index is 13.2. The van der Waals surface area contributed by atoms with Crippen LogP contribution in [0.15, 0.2) is 23.6 Å². The molecule has 116 valence electrons. The highest BCUT2D eigenvalue weighted by Gasteiger charge is 2.16. The summed E-state index contributed by atoms with van der Waals surface area (Å²) in [5.74, 6) is -2.66. The zero-order valence-electron chi connectivity index (χ0n) is 11.8. The Kier molecular flexibility index (Phi) is 4.81. The standard InChI is InChI=1S/C14H13F2N3O2S/c1-7(9-3-4-10(15)11(16)5-9)17-13(21)12-6-22-14(19-12)18-8(2)20/h3-7H,1-2H3,(H,17,21)(H,18,19,20)/t7-/m1/s1. The number of benzene rings is 1. The van der Waals surface area contributed by atoms with E-state index in [1.54, 1.807) is 6.92 Å². The Morgan fingerprint density at radius 2 is 2.00 bits per heavy atom. The molecule has 5 nitrogen and oxygen atoms in total. The predicted octanol–water partition coefficient (Wildman–Crippen LogP) is 2.87. The van der Waals surface area contributed by atoms with Crippen molar-refractivity contribution in [3.63, 3.8) is 0 Å². The highest BCUT2D eigenvalue weighted by atomic mass is 32.1. The topological polar surface area (TPSA) is 71.1 Å². The molecule has 1 atom stereocenters. The molecular weight excluding hydrogens is 312 g/mol. The molecule has 0 saturated carbocycles. The van der Waals surface area contributed by atoms with Gasteiger partial charge in [0, 0.05) is 12.3 Å². The van der Waals surface area contributed by atoms with Crippen molar-refractivity contribution in [1.82, 2.24) is 10.3 Å². The molecule has 0 aliphatic carbocycles. The quantitative estimate of drug-likeness (QED) is 0.908. The minimum atomic E-state index is -0.972. The van der Waals surface area contributed by atoms with Gasteiger partial charge in [-0.2, -0.15) is 0 Å². The molecule has 0 bridgehead atoms. The van der Waals surface area contributed by atoms with Gasteiger partial charge in [-0.15, -0.1) is 11.3 Å². The summed E-state index contributed by atoms with van der Waals surface area (Å²) in [4.78, 5) is 26.9. The fraction of sp³-hybridized carbons (Fsp3) is 0.214. The zero-order chi connectivity index (χ0) is 16.3. The van der Waals surface area contributed by atoms with E-state index < -0.39 is 23.6 Å². The summed E-state index contributed by atoms with van der Waals surface area (Å²) in [5, 5.41) is 6.92. The number of anilines is 1. The average Bonchev–Trinajstić information content (AvgIpc) is 2.89. The molecule has 1 heterocycles. The van der Waals surface area contributed by atoms with Crippen LogP contribution in [0.25, 0.3) is 0 Å². The van der Waals surface area contributed by atoms with Crippen molar-refractivity contribution in [2.75, 3.05) is 5.32 Å². The SMILES string of the molecule is CC(=O)Nc1nc(C(=O)N[C@H](C)c2ccc(F)c(F)c2)cs1. The van der Waals surface area contributed by atoms with Crippen LogP contribution in [0.1, 0.15) is 35.9 Å². The lowest BCUT2D eigenvalue weighted by molar-refractivity contribution is -0.114. The van der Waals surface area contributed by atoms with E-state index in [1.165, 1.54) is 18.4 Å². The van der Waals surface area contributed by atoms with Crippen molar-refractivity contribution in [1.29, 1.82) is 0 Å². The van der Waals surface area contributed by atoms with Gasteiger partial charge in [-0.25, -0.2) is 13.8 Å². The summed E-state index contributed by atoms with van der Waals surface area (Å²) < 4.78 is 26.1. The van der Waals surface area contributed by atoms with Crippen molar-refractivity contribution >= 4 is 28.3 Å². The van der Waals surface area contributed by atoms with Crippen molar-refractivity contribution < 1.29 is 18.4 Å². The Hall–Kier alpha value is -2.35. The Labute approximate surface area is 129 Å². The van der Waals surface area contributed by atoms with Gasteiger partial charge < -0.3 is 10.6 Å². The molecule has 1 aromatic heterocycles. The highest BCUT2D eigenvalue weighted by Crippen LogP contribution is 2.18. The largest absolute Gasteiger partial charge is 0.344 e. The fourth-order valence-electron chi connectivity index (χ4n) is 1.72. The monoisotopic (exact) mass is 325 g/mol. The van der Waals surface area contributed by atoms with Crippen LogP contribution in [0.4, 0.5) is 13.9 Å². The highest BCUT2D eigenvalue weighted by molar-refractivity contribution is 7.14. The number of halogens is 2. The molecule has 2 aromatic rings. The molecular formula is C14H13F2N3O2S. The molecule has 1 aromatic carbocycles. The number of nitrogens with one attached hydrogen (secondary N) is 2. The van der Waals surface area contributed by atoms with Crippen LogP contribution in [0.5, 0.6) is 0 Å². The van der Waals surface area contributed by atoms with Gasteiger partial charge in [0.2, 0.25) is 5.91 Å². The molecule has 2 rings (SSSR count). The van der Waals surface area contributed by atoms with E-state index in [2.05, 4.69) is 15.6 Å². The normalized spacial score (nSPS) is 11.8. The van der Waals surface area contributed by atoms with Gasteiger partial charge in [-0.05, 0) is 24.6 Å². The number of amides is 2. The van der Waals surface area contributed by atoms with Crippen LogP contribution in [0.2, 0.25) is 0 Å². The van der Waals surface area contributed by atoms with Crippen LogP contribution in [0, 0.1) is 11.6 Å². The van der Waals surface area contributed by atoms with Gasteiger partial charge in [-0.1, -0.05) is 6.07 Å². The Morgan fingerprint density at radius 3 is 2.64 bits per heavy atom. The number of aromatic nitrogens is 1. The van der Waals surface area contributed by atoms with Gasteiger partial charge >= 0.3 is 0 Å². The van der Waals surface area contributed by atoms with Gasteiger partial charge in [0.05, 0.1) is 6.04 Å². The summed E-state index contributed by atoms with van der Waals surface area (Å²) in [6.45, 7) is 2.98. The number of nitrogens with zero attached hydrogens (tertiary/aromatic N) is 1. The van der Waals surface area contributed by atoms with Crippen LogP contribution >= 0.6 is 11.3 Å². The lowest BCUT2D eigenvalue weighted by Crippen LogP contribution is -2.27. The first-order valence-electron chi connectivity index (χ1n) is 6.35. The van der Waals surface area contributed by atoms with Crippen molar-refractivity contribution in [3.8, 4) is 0 Å². The average molecular weight is 325 g/mol. The second-order valence-corrected chi connectivity index (χ2v) is 5.45. The maximum absolute atomic E-state index is 13.2. The number of rotatable bonds is 4. The number of carbonyl (C=O) groups excluding carboxylic acids is 2. The maximum Gasteiger partial charge on any atom is 0.271 e. The molecule has 0 unspecified atom stereocenters. The van der Waals surface area contributed by atoms with Gasteiger partial charge in [0.25, 0.3) is 5.91 Å². The minimum absolute atomic E-state index is 0.142.